The van der Waals surface area contributed by atoms with Gasteiger partial charge in [0.05, 0.1) is 6.10 Å². The highest BCUT2D eigenvalue weighted by molar-refractivity contribution is 5.71. The summed E-state index contributed by atoms with van der Waals surface area (Å²) in [5, 5.41) is 11.2. The SMILES string of the molecule is CC1(C)CCC[C@@]2(C)[C@H]1CC(=O)O[C@@]1(C)[C@@H](c3ccccc3)C[C@@H](O)[C@@H]21. The maximum Gasteiger partial charge on any atom is 0.306 e. The van der Waals surface area contributed by atoms with Crippen LogP contribution >= 0.6 is 0 Å². The molecule has 0 radical (unpaired) electrons. The van der Waals surface area contributed by atoms with Gasteiger partial charge in [0, 0.05) is 18.3 Å². The van der Waals surface area contributed by atoms with Gasteiger partial charge in [0.25, 0.3) is 0 Å². The van der Waals surface area contributed by atoms with E-state index in [-0.39, 0.29) is 34.6 Å². The molecule has 1 saturated heterocycles. The Kier molecular flexibility index (Phi) is 4.04. The summed E-state index contributed by atoms with van der Waals surface area (Å²) in [6, 6.07) is 10.3. The molecule has 0 unspecified atom stereocenters. The van der Waals surface area contributed by atoms with Crippen molar-refractivity contribution in [2.45, 2.75) is 77.4 Å². The van der Waals surface area contributed by atoms with Crippen molar-refractivity contribution in [2.24, 2.45) is 22.7 Å². The molecular weight excluding hydrogens is 324 g/mol. The summed E-state index contributed by atoms with van der Waals surface area (Å²) in [5.74, 6) is 0.202. The summed E-state index contributed by atoms with van der Waals surface area (Å²) >= 11 is 0. The number of carbonyl (C=O) groups is 1. The van der Waals surface area contributed by atoms with Crippen molar-refractivity contribution in [3.63, 3.8) is 0 Å². The lowest BCUT2D eigenvalue weighted by molar-refractivity contribution is -0.166. The van der Waals surface area contributed by atoms with E-state index in [9.17, 15) is 9.90 Å². The summed E-state index contributed by atoms with van der Waals surface area (Å²) in [7, 11) is 0. The van der Waals surface area contributed by atoms with Crippen LogP contribution in [0.15, 0.2) is 30.3 Å². The molecule has 142 valence electrons. The van der Waals surface area contributed by atoms with Gasteiger partial charge in [-0.25, -0.2) is 0 Å². The molecule has 1 aromatic carbocycles. The number of rotatable bonds is 1. The van der Waals surface area contributed by atoms with Gasteiger partial charge in [0.1, 0.15) is 5.60 Å². The molecule has 3 fully saturated rings. The normalized spacial score (nSPS) is 44.6. The molecule has 26 heavy (non-hydrogen) atoms. The zero-order valence-corrected chi connectivity index (χ0v) is 16.5. The third-order valence-electron chi connectivity index (χ3n) is 8.06. The number of aliphatic hydroxyl groups is 1. The van der Waals surface area contributed by atoms with E-state index in [1.807, 2.05) is 18.2 Å². The molecule has 3 heteroatoms. The molecule has 1 heterocycles. The second-order valence-electron chi connectivity index (χ2n) is 10.0. The second-order valence-corrected chi connectivity index (χ2v) is 10.0. The first-order valence-electron chi connectivity index (χ1n) is 10.1. The Bertz CT molecular complexity index is 697. The Morgan fingerprint density at radius 3 is 2.46 bits per heavy atom. The first-order chi connectivity index (χ1) is 12.2. The fraction of sp³-hybridized carbons (Fsp3) is 0.696. The van der Waals surface area contributed by atoms with E-state index in [2.05, 4.69) is 39.8 Å². The highest BCUT2D eigenvalue weighted by Crippen LogP contribution is 2.65. The molecule has 3 aliphatic rings. The number of hydrogen-bond donors (Lipinski definition) is 1. The zero-order chi connectivity index (χ0) is 18.7. The van der Waals surface area contributed by atoms with Crippen LogP contribution in [0.1, 0.15) is 71.3 Å². The van der Waals surface area contributed by atoms with Crippen molar-refractivity contribution in [2.75, 3.05) is 0 Å². The molecule has 0 amide bonds. The van der Waals surface area contributed by atoms with Crippen molar-refractivity contribution in [1.82, 2.24) is 0 Å². The summed E-state index contributed by atoms with van der Waals surface area (Å²) < 4.78 is 6.21. The minimum absolute atomic E-state index is 0.0174. The summed E-state index contributed by atoms with van der Waals surface area (Å²) in [4.78, 5) is 12.9. The van der Waals surface area contributed by atoms with E-state index in [0.29, 0.717) is 12.8 Å². The predicted molar refractivity (Wildman–Crippen MR) is 102 cm³/mol. The molecule has 2 saturated carbocycles. The lowest BCUT2D eigenvalue weighted by atomic mass is 9.49. The number of ether oxygens (including phenoxy) is 1. The van der Waals surface area contributed by atoms with Crippen LogP contribution in [-0.2, 0) is 9.53 Å². The number of carbonyl (C=O) groups excluding carboxylic acids is 1. The quantitative estimate of drug-likeness (QED) is 0.743. The molecule has 1 aromatic rings. The Hall–Kier alpha value is -1.35. The monoisotopic (exact) mass is 356 g/mol. The average molecular weight is 357 g/mol. The van der Waals surface area contributed by atoms with Crippen LogP contribution in [0, 0.1) is 22.7 Å². The van der Waals surface area contributed by atoms with E-state index in [0.717, 1.165) is 19.3 Å². The Morgan fingerprint density at radius 2 is 1.77 bits per heavy atom. The van der Waals surface area contributed by atoms with Crippen LogP contribution in [-0.4, -0.2) is 22.8 Å². The van der Waals surface area contributed by atoms with Gasteiger partial charge < -0.3 is 9.84 Å². The number of fused-ring (bicyclic) bond motifs is 3. The van der Waals surface area contributed by atoms with Crippen molar-refractivity contribution in [1.29, 1.82) is 0 Å². The van der Waals surface area contributed by atoms with Crippen molar-refractivity contribution < 1.29 is 14.6 Å². The van der Waals surface area contributed by atoms with Gasteiger partial charge >= 0.3 is 5.97 Å². The molecule has 1 aliphatic heterocycles. The molecule has 1 N–H and O–H groups in total. The smallest absolute Gasteiger partial charge is 0.306 e. The molecule has 0 bridgehead atoms. The van der Waals surface area contributed by atoms with Crippen LogP contribution in [0.3, 0.4) is 0 Å². The van der Waals surface area contributed by atoms with Crippen molar-refractivity contribution in [3.05, 3.63) is 35.9 Å². The van der Waals surface area contributed by atoms with Gasteiger partial charge in [-0.05, 0) is 48.5 Å². The summed E-state index contributed by atoms with van der Waals surface area (Å²) in [6.45, 7) is 8.99. The van der Waals surface area contributed by atoms with Gasteiger partial charge in [0.15, 0.2) is 0 Å². The van der Waals surface area contributed by atoms with Gasteiger partial charge in [-0.1, -0.05) is 57.5 Å². The first-order valence-corrected chi connectivity index (χ1v) is 10.1. The predicted octanol–water partition coefficient (Wildman–Crippen LogP) is 4.69. The van der Waals surface area contributed by atoms with E-state index < -0.39 is 11.7 Å². The maximum atomic E-state index is 12.9. The number of benzene rings is 1. The van der Waals surface area contributed by atoms with Gasteiger partial charge in [-0.3, -0.25) is 4.79 Å². The fourth-order valence-electron chi connectivity index (χ4n) is 7.09. The molecule has 2 aliphatic carbocycles. The average Bonchev–Trinajstić information content (AvgIpc) is 2.77. The number of aliphatic hydroxyl groups excluding tert-OH is 1. The lowest BCUT2D eigenvalue weighted by Gasteiger charge is -2.55. The standard InChI is InChI=1S/C23H32O3/c1-21(2)11-8-12-22(3)18(21)14-19(25)26-23(4)16(13-17(24)20(22)23)15-9-6-5-7-10-15/h5-7,9-10,16-18,20,24H,8,11-14H2,1-4H3/t16-,17-,18+,20+,22+,23+/m1/s1. The fourth-order valence-corrected chi connectivity index (χ4v) is 7.09. The molecule has 3 nitrogen and oxygen atoms in total. The number of esters is 1. The molecule has 4 rings (SSSR count). The van der Waals surface area contributed by atoms with Gasteiger partial charge in [0.2, 0.25) is 0 Å². The molecule has 0 aromatic heterocycles. The third-order valence-corrected chi connectivity index (χ3v) is 8.06. The maximum absolute atomic E-state index is 12.9. The molecule has 6 atom stereocenters. The Labute approximate surface area is 157 Å². The van der Waals surface area contributed by atoms with Gasteiger partial charge in [-0.15, -0.1) is 0 Å². The highest BCUT2D eigenvalue weighted by Gasteiger charge is 2.66. The highest BCUT2D eigenvalue weighted by atomic mass is 16.6. The van der Waals surface area contributed by atoms with Crippen molar-refractivity contribution in [3.8, 4) is 0 Å². The van der Waals surface area contributed by atoms with Crippen LogP contribution < -0.4 is 0 Å². The van der Waals surface area contributed by atoms with Crippen LogP contribution in [0.5, 0.6) is 0 Å². The minimum Gasteiger partial charge on any atom is -0.458 e. The van der Waals surface area contributed by atoms with Crippen LogP contribution in [0.25, 0.3) is 0 Å². The Balaban J connectivity index is 1.84. The first kappa shape index (κ1) is 18.0. The summed E-state index contributed by atoms with van der Waals surface area (Å²) in [5.41, 5.74) is 0.545. The van der Waals surface area contributed by atoms with Crippen LogP contribution in [0.4, 0.5) is 0 Å². The molecule has 0 spiro atoms. The van der Waals surface area contributed by atoms with E-state index >= 15 is 0 Å². The largest absolute Gasteiger partial charge is 0.458 e. The Morgan fingerprint density at radius 1 is 1.08 bits per heavy atom. The number of hydrogen-bond acceptors (Lipinski definition) is 3. The third kappa shape index (κ3) is 2.46. The van der Waals surface area contributed by atoms with Crippen LogP contribution in [0.2, 0.25) is 0 Å². The van der Waals surface area contributed by atoms with E-state index in [4.69, 9.17) is 4.74 Å². The lowest BCUT2D eigenvalue weighted by Crippen LogP contribution is -2.53. The van der Waals surface area contributed by atoms with Gasteiger partial charge in [-0.2, -0.15) is 0 Å². The van der Waals surface area contributed by atoms with E-state index in [1.165, 1.54) is 5.56 Å². The van der Waals surface area contributed by atoms with Crippen molar-refractivity contribution >= 4 is 5.97 Å². The zero-order valence-electron chi connectivity index (χ0n) is 16.5. The molecular formula is C23H32O3. The summed E-state index contributed by atoms with van der Waals surface area (Å²) in [6.07, 6.45) is 4.07. The van der Waals surface area contributed by atoms with E-state index in [1.54, 1.807) is 0 Å². The minimum atomic E-state index is -0.644. The second kappa shape index (κ2) is 5.82. The topological polar surface area (TPSA) is 46.5 Å².